The molecule has 0 spiro atoms. The first-order chi connectivity index (χ1) is 19.0. The maximum atomic E-state index is 13.4. The number of amides is 2. The van der Waals surface area contributed by atoms with Crippen molar-refractivity contribution in [3.8, 4) is 6.07 Å². The number of hydrogen-bond acceptors (Lipinski definition) is 6. The molecule has 7 heteroatoms. The van der Waals surface area contributed by atoms with Gasteiger partial charge in [0.1, 0.15) is 11.6 Å². The van der Waals surface area contributed by atoms with Crippen LogP contribution in [0.3, 0.4) is 0 Å². The molecule has 0 bridgehead atoms. The Kier molecular flexibility index (Phi) is 13.1. The Bertz CT molecular complexity index is 1100. The van der Waals surface area contributed by atoms with Gasteiger partial charge in [0.15, 0.2) is 5.13 Å². The lowest BCUT2D eigenvalue weighted by molar-refractivity contribution is -0.140. The Hall–Kier alpha value is -2.46. The number of carbonyl (C=O) groups excluding carboxylic acids is 2. The van der Waals surface area contributed by atoms with Crippen LogP contribution in [-0.4, -0.2) is 41.3 Å². The third-order valence-corrected chi connectivity index (χ3v) is 9.15. The summed E-state index contributed by atoms with van der Waals surface area (Å²) in [5, 5.41) is 10.7. The van der Waals surface area contributed by atoms with Crippen LogP contribution in [0.5, 0.6) is 0 Å². The number of imide groups is 1. The summed E-state index contributed by atoms with van der Waals surface area (Å²) in [5.41, 5.74) is 1.62. The molecule has 1 aromatic rings. The normalized spacial score (nSPS) is 17.0. The van der Waals surface area contributed by atoms with Crippen LogP contribution in [-0.2, 0) is 15.0 Å². The smallest absolute Gasteiger partial charge is 0.271 e. The highest BCUT2D eigenvalue weighted by Crippen LogP contribution is 2.38. The van der Waals surface area contributed by atoms with E-state index in [4.69, 9.17) is 4.98 Å². The van der Waals surface area contributed by atoms with Gasteiger partial charge >= 0.3 is 0 Å². The third-order valence-electron chi connectivity index (χ3n) is 8.08. The van der Waals surface area contributed by atoms with E-state index >= 15 is 0 Å². The van der Waals surface area contributed by atoms with E-state index in [9.17, 15) is 14.9 Å². The lowest BCUT2D eigenvalue weighted by Crippen LogP contribution is -2.42. The molecule has 2 amide bonds. The lowest BCUT2D eigenvalue weighted by atomic mass is 9.89. The number of anilines is 1. The average Bonchev–Trinajstić information content (AvgIpc) is 3.35. The van der Waals surface area contributed by atoms with E-state index in [1.54, 1.807) is 25.2 Å². The van der Waals surface area contributed by atoms with Gasteiger partial charge in [-0.1, -0.05) is 98.3 Å². The zero-order valence-corrected chi connectivity index (χ0v) is 27.3. The summed E-state index contributed by atoms with van der Waals surface area (Å²) in [6, 6.07) is 2.04. The molecule has 0 aliphatic carbocycles. The molecule has 2 rings (SSSR count). The predicted octanol–water partition coefficient (Wildman–Crippen LogP) is 8.29. The number of hydrogen-bond donors (Lipinski definition) is 0. The van der Waals surface area contributed by atoms with Crippen LogP contribution >= 0.6 is 11.3 Å². The summed E-state index contributed by atoms with van der Waals surface area (Å²) >= 11 is 1.64. The molecular formula is C33H52N4O2S. The first-order valence-corrected chi connectivity index (χ1v) is 16.2. The second-order valence-electron chi connectivity index (χ2n) is 12.2. The lowest BCUT2D eigenvalue weighted by Gasteiger charge is -2.30. The first kappa shape index (κ1) is 33.7. The zero-order chi connectivity index (χ0) is 30.0. The van der Waals surface area contributed by atoms with Gasteiger partial charge in [-0.25, -0.2) is 4.98 Å². The van der Waals surface area contributed by atoms with E-state index in [1.165, 1.54) is 43.4 Å². The van der Waals surface area contributed by atoms with Crippen molar-refractivity contribution >= 4 is 34.4 Å². The van der Waals surface area contributed by atoms with Crippen molar-refractivity contribution in [2.45, 2.75) is 119 Å². The van der Waals surface area contributed by atoms with Gasteiger partial charge in [0.05, 0.1) is 10.6 Å². The van der Waals surface area contributed by atoms with E-state index in [0.717, 1.165) is 41.6 Å². The van der Waals surface area contributed by atoms with Gasteiger partial charge in [0.25, 0.3) is 11.8 Å². The maximum Gasteiger partial charge on any atom is 0.271 e. The second kappa shape index (κ2) is 15.5. The summed E-state index contributed by atoms with van der Waals surface area (Å²) < 4.78 is 0. The van der Waals surface area contributed by atoms with Crippen molar-refractivity contribution < 1.29 is 9.59 Å². The van der Waals surface area contributed by atoms with Crippen molar-refractivity contribution in [3.63, 3.8) is 0 Å². The minimum atomic E-state index is -0.507. The molecule has 0 saturated carbocycles. The first-order valence-electron chi connectivity index (χ1n) is 15.4. The highest BCUT2D eigenvalue weighted by Gasteiger charge is 2.35. The SMILES string of the molecule is CCCCC(CC)CN(CC(CC)CCCC)c1nc(C(C)(C)C)c(/C=C2\C(=O)N(CC)C(=O)C(C#N)=C2C)s1. The number of unbranched alkanes of at least 4 members (excludes halogenated alkanes) is 2. The van der Waals surface area contributed by atoms with Crippen molar-refractivity contribution in [1.82, 2.24) is 9.88 Å². The molecule has 1 aromatic heterocycles. The maximum absolute atomic E-state index is 13.4. The fourth-order valence-corrected chi connectivity index (χ4v) is 6.56. The van der Waals surface area contributed by atoms with Gasteiger partial charge in [0.2, 0.25) is 0 Å². The van der Waals surface area contributed by atoms with Gasteiger partial charge < -0.3 is 4.90 Å². The Morgan fingerprint density at radius 3 is 1.95 bits per heavy atom. The fraction of sp³-hybridized carbons (Fsp3) is 0.697. The predicted molar refractivity (Wildman–Crippen MR) is 168 cm³/mol. The number of thiazole rings is 1. The molecule has 40 heavy (non-hydrogen) atoms. The molecule has 6 nitrogen and oxygen atoms in total. The summed E-state index contributed by atoms with van der Waals surface area (Å²) in [6.45, 7) is 21.2. The Morgan fingerprint density at radius 1 is 0.975 bits per heavy atom. The molecule has 0 aromatic carbocycles. The van der Waals surface area contributed by atoms with Crippen LogP contribution in [0.4, 0.5) is 5.13 Å². The Morgan fingerprint density at radius 2 is 1.52 bits per heavy atom. The minimum absolute atomic E-state index is 0.0415. The summed E-state index contributed by atoms with van der Waals surface area (Å²) in [5.74, 6) is 0.374. The molecule has 2 heterocycles. The van der Waals surface area contributed by atoms with Crippen LogP contribution < -0.4 is 4.90 Å². The van der Waals surface area contributed by atoms with E-state index in [1.807, 2.05) is 12.1 Å². The number of rotatable bonds is 15. The second-order valence-corrected chi connectivity index (χ2v) is 13.2. The standard InChI is InChI=1S/C33H52N4O2S/c1-10-15-17-24(12-3)21-36(22-25(13-4)18-16-11-2)32-35-29(33(7,8)9)28(40-32)19-26-23(6)27(20-34)31(39)37(14-5)30(26)38/h19,24-25H,10-18,21-22H2,1-9H3/b26-19-. The quantitative estimate of drug-likeness (QED) is 0.157. The summed E-state index contributed by atoms with van der Waals surface area (Å²) in [4.78, 5) is 36.0. The molecule has 0 fully saturated rings. The van der Waals surface area contributed by atoms with Crippen molar-refractivity contribution in [2.75, 3.05) is 24.5 Å². The molecule has 0 N–H and O–H groups in total. The highest BCUT2D eigenvalue weighted by molar-refractivity contribution is 7.16. The molecule has 0 saturated heterocycles. The van der Waals surface area contributed by atoms with Crippen LogP contribution in [0.25, 0.3) is 6.08 Å². The average molecular weight is 569 g/mol. The molecular weight excluding hydrogens is 516 g/mol. The zero-order valence-electron chi connectivity index (χ0n) is 26.5. The Labute approximate surface area is 247 Å². The van der Waals surface area contributed by atoms with Crippen molar-refractivity contribution in [2.24, 2.45) is 11.8 Å². The minimum Gasteiger partial charge on any atom is -0.348 e. The monoisotopic (exact) mass is 568 g/mol. The number of carbonyl (C=O) groups is 2. The van der Waals surface area contributed by atoms with E-state index in [0.29, 0.717) is 23.0 Å². The van der Waals surface area contributed by atoms with Gasteiger partial charge in [-0.3, -0.25) is 14.5 Å². The molecule has 2 atom stereocenters. The largest absolute Gasteiger partial charge is 0.348 e. The van der Waals surface area contributed by atoms with Crippen LogP contribution in [0.1, 0.15) is 124 Å². The van der Waals surface area contributed by atoms with Crippen molar-refractivity contribution in [3.05, 3.63) is 27.3 Å². The van der Waals surface area contributed by atoms with Gasteiger partial charge in [0, 0.05) is 30.6 Å². The molecule has 1 aliphatic rings. The Balaban J connectivity index is 2.66. The van der Waals surface area contributed by atoms with E-state index in [-0.39, 0.29) is 23.4 Å². The summed E-state index contributed by atoms with van der Waals surface area (Å²) in [7, 11) is 0. The number of aromatic nitrogens is 1. The molecule has 222 valence electrons. The van der Waals surface area contributed by atoms with Gasteiger partial charge in [-0.05, 0) is 50.2 Å². The molecule has 2 unspecified atom stereocenters. The highest BCUT2D eigenvalue weighted by atomic mass is 32.1. The number of likely N-dealkylation sites (N-methyl/N-ethyl adjacent to an activating group) is 1. The number of nitrogens with zero attached hydrogens (tertiary/aromatic N) is 4. The van der Waals surface area contributed by atoms with Crippen LogP contribution in [0, 0.1) is 23.2 Å². The van der Waals surface area contributed by atoms with Crippen LogP contribution in [0.15, 0.2) is 16.7 Å². The van der Waals surface area contributed by atoms with E-state index < -0.39 is 5.91 Å². The molecule has 0 radical (unpaired) electrons. The van der Waals surface area contributed by atoms with E-state index in [2.05, 4.69) is 53.4 Å². The topological polar surface area (TPSA) is 77.3 Å². The fourth-order valence-electron chi connectivity index (χ4n) is 5.33. The van der Waals surface area contributed by atoms with Gasteiger partial charge in [-0.15, -0.1) is 0 Å². The number of nitriles is 1. The third kappa shape index (κ3) is 8.28. The van der Waals surface area contributed by atoms with Crippen molar-refractivity contribution in [1.29, 1.82) is 5.26 Å². The van der Waals surface area contributed by atoms with Crippen LogP contribution in [0.2, 0.25) is 0 Å². The summed E-state index contributed by atoms with van der Waals surface area (Å²) in [6.07, 6.45) is 11.5. The molecule has 1 aliphatic heterocycles. The van der Waals surface area contributed by atoms with Gasteiger partial charge in [-0.2, -0.15) is 5.26 Å².